The molecule has 1 aromatic carbocycles. The van der Waals surface area contributed by atoms with Crippen LogP contribution in [0.4, 0.5) is 11.5 Å². The molecule has 2 aromatic heterocycles. The molecule has 142 valence electrons. The van der Waals surface area contributed by atoms with Crippen molar-refractivity contribution in [2.75, 3.05) is 25.0 Å². The third-order valence-corrected chi connectivity index (χ3v) is 4.60. The van der Waals surface area contributed by atoms with Gasteiger partial charge in [-0.25, -0.2) is 4.98 Å². The fraction of sp³-hybridized carbons (Fsp3) is 0.350. The van der Waals surface area contributed by atoms with Gasteiger partial charge in [-0.1, -0.05) is 17.7 Å². The summed E-state index contributed by atoms with van der Waals surface area (Å²) in [6, 6.07) is 10.1. The highest BCUT2D eigenvalue weighted by atomic mass is 35.5. The standard InChI is InChI=1S/C20H23N5O.ClH/c1-14-4-6-16(7-5-14)24-18-11-17-19(23-10-9-22-17)20(25-18)26-13-15-3-2-8-21-12-15;/h4-7,9-11,15,21H,2-3,8,12-13H2,1H3,(H,24,25);1H/t15-;/m0./s1. The molecule has 0 unspecified atom stereocenters. The molecule has 0 spiro atoms. The highest BCUT2D eigenvalue weighted by molar-refractivity contribution is 5.85. The number of rotatable bonds is 5. The molecule has 0 bridgehead atoms. The van der Waals surface area contributed by atoms with Crippen LogP contribution < -0.4 is 15.4 Å². The molecule has 0 amide bonds. The lowest BCUT2D eigenvalue weighted by atomic mass is 10.0. The molecule has 1 saturated heterocycles. The summed E-state index contributed by atoms with van der Waals surface area (Å²) in [5, 5.41) is 6.75. The van der Waals surface area contributed by atoms with E-state index in [4.69, 9.17) is 4.74 Å². The Morgan fingerprint density at radius 3 is 2.78 bits per heavy atom. The van der Waals surface area contributed by atoms with Gasteiger partial charge in [-0.15, -0.1) is 12.4 Å². The Labute approximate surface area is 165 Å². The zero-order valence-corrected chi connectivity index (χ0v) is 16.1. The summed E-state index contributed by atoms with van der Waals surface area (Å²) in [6.07, 6.45) is 5.73. The van der Waals surface area contributed by atoms with Gasteiger partial charge in [0.2, 0.25) is 5.88 Å². The fourth-order valence-corrected chi connectivity index (χ4v) is 3.16. The van der Waals surface area contributed by atoms with Crippen molar-refractivity contribution in [1.29, 1.82) is 0 Å². The molecule has 1 aliphatic rings. The molecule has 3 aromatic rings. The van der Waals surface area contributed by atoms with Crippen molar-refractivity contribution in [2.45, 2.75) is 19.8 Å². The van der Waals surface area contributed by atoms with Crippen molar-refractivity contribution >= 4 is 34.9 Å². The molecule has 7 heteroatoms. The molecule has 1 fully saturated rings. The number of aromatic nitrogens is 3. The third kappa shape index (κ3) is 4.84. The molecule has 4 rings (SSSR count). The van der Waals surface area contributed by atoms with Crippen LogP contribution >= 0.6 is 12.4 Å². The van der Waals surface area contributed by atoms with Crippen molar-refractivity contribution in [1.82, 2.24) is 20.3 Å². The van der Waals surface area contributed by atoms with Crippen molar-refractivity contribution in [3.63, 3.8) is 0 Å². The van der Waals surface area contributed by atoms with E-state index in [2.05, 4.69) is 44.6 Å². The van der Waals surface area contributed by atoms with E-state index in [9.17, 15) is 0 Å². The Bertz CT molecular complexity index is 881. The second-order valence-electron chi connectivity index (χ2n) is 6.75. The Morgan fingerprint density at radius 1 is 1.19 bits per heavy atom. The van der Waals surface area contributed by atoms with Crippen LogP contribution in [-0.2, 0) is 0 Å². The number of anilines is 2. The number of benzene rings is 1. The smallest absolute Gasteiger partial charge is 0.244 e. The topological polar surface area (TPSA) is 72.0 Å². The van der Waals surface area contributed by atoms with Crippen LogP contribution in [0.3, 0.4) is 0 Å². The van der Waals surface area contributed by atoms with Crippen molar-refractivity contribution in [3.05, 3.63) is 48.3 Å². The number of hydrogen-bond acceptors (Lipinski definition) is 6. The lowest BCUT2D eigenvalue weighted by Crippen LogP contribution is -2.33. The lowest BCUT2D eigenvalue weighted by molar-refractivity contribution is 0.214. The van der Waals surface area contributed by atoms with Crippen molar-refractivity contribution in [2.24, 2.45) is 5.92 Å². The first-order valence-corrected chi connectivity index (χ1v) is 9.07. The quantitative estimate of drug-likeness (QED) is 0.694. The van der Waals surface area contributed by atoms with Gasteiger partial charge in [0.15, 0.2) is 5.52 Å². The van der Waals surface area contributed by atoms with Gasteiger partial charge in [0.25, 0.3) is 0 Å². The molecule has 0 radical (unpaired) electrons. The molecule has 2 N–H and O–H groups in total. The number of pyridine rings is 1. The highest BCUT2D eigenvalue weighted by Crippen LogP contribution is 2.26. The maximum absolute atomic E-state index is 6.06. The predicted molar refractivity (Wildman–Crippen MR) is 110 cm³/mol. The maximum Gasteiger partial charge on any atom is 0.244 e. The third-order valence-electron chi connectivity index (χ3n) is 4.60. The van der Waals surface area contributed by atoms with Gasteiger partial charge in [-0.2, -0.15) is 4.98 Å². The number of ether oxygens (including phenoxy) is 1. The van der Waals surface area contributed by atoms with Crippen molar-refractivity contribution in [3.8, 4) is 5.88 Å². The van der Waals surface area contributed by atoms with Crippen LogP contribution in [0.15, 0.2) is 42.7 Å². The molecular formula is C20H24ClN5O. The Balaban J connectivity index is 0.00000210. The van der Waals surface area contributed by atoms with Crippen LogP contribution in [0.5, 0.6) is 5.88 Å². The largest absolute Gasteiger partial charge is 0.476 e. The van der Waals surface area contributed by atoms with Crippen LogP contribution in [0.2, 0.25) is 0 Å². The van der Waals surface area contributed by atoms with Gasteiger partial charge in [-0.05, 0) is 38.4 Å². The minimum Gasteiger partial charge on any atom is -0.476 e. The fourth-order valence-electron chi connectivity index (χ4n) is 3.16. The first-order chi connectivity index (χ1) is 12.8. The van der Waals surface area contributed by atoms with E-state index in [-0.39, 0.29) is 12.4 Å². The Morgan fingerprint density at radius 2 is 2.00 bits per heavy atom. The van der Waals surface area contributed by atoms with Gasteiger partial charge >= 0.3 is 0 Å². The summed E-state index contributed by atoms with van der Waals surface area (Å²) in [7, 11) is 0. The zero-order chi connectivity index (χ0) is 17.8. The van der Waals surface area contributed by atoms with Crippen molar-refractivity contribution < 1.29 is 4.74 Å². The highest BCUT2D eigenvalue weighted by Gasteiger charge is 2.16. The minimum atomic E-state index is 0. The molecule has 0 aliphatic carbocycles. The normalized spacial score (nSPS) is 16.6. The second kappa shape index (κ2) is 8.97. The van der Waals surface area contributed by atoms with Crippen LogP contribution in [-0.4, -0.2) is 34.6 Å². The first-order valence-electron chi connectivity index (χ1n) is 9.07. The molecule has 1 aliphatic heterocycles. The number of hydrogen-bond donors (Lipinski definition) is 2. The van der Waals surface area contributed by atoms with E-state index in [0.29, 0.717) is 29.7 Å². The average molecular weight is 386 g/mol. The number of nitrogens with zero attached hydrogens (tertiary/aromatic N) is 3. The van der Waals surface area contributed by atoms with E-state index in [1.807, 2.05) is 18.2 Å². The number of aryl methyl sites for hydroxylation is 1. The molecule has 6 nitrogen and oxygen atoms in total. The summed E-state index contributed by atoms with van der Waals surface area (Å²) in [5.41, 5.74) is 3.67. The molecule has 3 heterocycles. The van der Waals surface area contributed by atoms with E-state index in [1.54, 1.807) is 12.4 Å². The van der Waals surface area contributed by atoms with E-state index < -0.39 is 0 Å². The van der Waals surface area contributed by atoms with E-state index >= 15 is 0 Å². The van der Waals surface area contributed by atoms with Gasteiger partial charge in [-0.3, -0.25) is 4.98 Å². The first kappa shape index (κ1) is 19.3. The number of fused-ring (bicyclic) bond motifs is 1. The lowest BCUT2D eigenvalue weighted by Gasteiger charge is -2.22. The Hall–Kier alpha value is -2.44. The van der Waals surface area contributed by atoms with Gasteiger partial charge in [0.1, 0.15) is 5.82 Å². The summed E-state index contributed by atoms with van der Waals surface area (Å²) in [5.74, 6) is 1.75. The SMILES string of the molecule is Cc1ccc(Nc2cc3nccnc3c(OC[C@H]3CCCNC3)n2)cc1.Cl. The monoisotopic (exact) mass is 385 g/mol. The maximum atomic E-state index is 6.06. The number of nitrogens with one attached hydrogen (secondary N) is 2. The van der Waals surface area contributed by atoms with Crippen LogP contribution in [0.25, 0.3) is 11.0 Å². The summed E-state index contributed by atoms with van der Waals surface area (Å²) >= 11 is 0. The predicted octanol–water partition coefficient (Wildman–Crippen LogP) is 3.88. The van der Waals surface area contributed by atoms with E-state index in [1.165, 1.54) is 18.4 Å². The van der Waals surface area contributed by atoms with Gasteiger partial charge in [0.05, 0.1) is 12.1 Å². The van der Waals surface area contributed by atoms with Crippen LogP contribution in [0, 0.1) is 12.8 Å². The Kier molecular flexibility index (Phi) is 6.42. The van der Waals surface area contributed by atoms with Crippen LogP contribution in [0.1, 0.15) is 18.4 Å². The minimum absolute atomic E-state index is 0. The molecule has 27 heavy (non-hydrogen) atoms. The summed E-state index contributed by atoms with van der Waals surface area (Å²) in [4.78, 5) is 13.5. The molecular weight excluding hydrogens is 362 g/mol. The van der Waals surface area contributed by atoms with Gasteiger partial charge < -0.3 is 15.4 Å². The zero-order valence-electron chi connectivity index (χ0n) is 15.3. The molecule has 0 saturated carbocycles. The van der Waals surface area contributed by atoms with Gasteiger partial charge in [0, 0.05) is 36.6 Å². The average Bonchev–Trinajstić information content (AvgIpc) is 2.69. The summed E-state index contributed by atoms with van der Waals surface area (Å²) < 4.78 is 6.06. The number of halogens is 1. The number of piperidine rings is 1. The van der Waals surface area contributed by atoms with E-state index in [0.717, 1.165) is 24.3 Å². The second-order valence-corrected chi connectivity index (χ2v) is 6.75. The molecule has 1 atom stereocenters. The summed E-state index contributed by atoms with van der Waals surface area (Å²) in [6.45, 7) is 4.80.